The third-order valence-electron chi connectivity index (χ3n) is 5.10. The summed E-state index contributed by atoms with van der Waals surface area (Å²) in [4.78, 5) is 28.3. The van der Waals surface area contributed by atoms with Crippen LogP contribution in [-0.4, -0.2) is 41.0 Å². The number of nitrogens with one attached hydrogen (secondary N) is 1. The van der Waals surface area contributed by atoms with Gasteiger partial charge in [-0.3, -0.25) is 9.69 Å². The van der Waals surface area contributed by atoms with Crippen molar-refractivity contribution in [1.29, 1.82) is 0 Å². The van der Waals surface area contributed by atoms with Gasteiger partial charge in [-0.2, -0.15) is 0 Å². The van der Waals surface area contributed by atoms with Gasteiger partial charge in [0.05, 0.1) is 24.8 Å². The molecule has 0 saturated carbocycles. The molecule has 1 amide bonds. The predicted octanol–water partition coefficient (Wildman–Crippen LogP) is 4.16. The SMILES string of the molecule is CCOC(=O)c1cc(C(C)C)sc1NC(=O)CN1CCC[C@@H]1c1cccn1C. The number of hydrogen-bond acceptors (Lipinski definition) is 5. The van der Waals surface area contributed by atoms with Gasteiger partial charge >= 0.3 is 5.97 Å². The van der Waals surface area contributed by atoms with Crippen LogP contribution in [0.4, 0.5) is 5.00 Å². The van der Waals surface area contributed by atoms with Crippen molar-refractivity contribution in [3.63, 3.8) is 0 Å². The number of thiophene rings is 1. The fourth-order valence-corrected chi connectivity index (χ4v) is 4.73. The molecule has 7 heteroatoms. The Morgan fingerprint density at radius 3 is 2.82 bits per heavy atom. The van der Waals surface area contributed by atoms with Gasteiger partial charge in [-0.05, 0) is 50.4 Å². The molecule has 2 aromatic rings. The quantitative estimate of drug-likeness (QED) is 0.705. The minimum Gasteiger partial charge on any atom is -0.462 e. The Bertz CT molecular complexity index is 840. The van der Waals surface area contributed by atoms with Gasteiger partial charge in [-0.15, -0.1) is 11.3 Å². The number of anilines is 1. The summed E-state index contributed by atoms with van der Waals surface area (Å²) in [5.41, 5.74) is 1.68. The highest BCUT2D eigenvalue weighted by Crippen LogP contribution is 2.34. The van der Waals surface area contributed by atoms with Gasteiger partial charge in [0.15, 0.2) is 0 Å². The van der Waals surface area contributed by atoms with E-state index < -0.39 is 0 Å². The Labute approximate surface area is 170 Å². The van der Waals surface area contributed by atoms with Gasteiger partial charge < -0.3 is 14.6 Å². The third-order valence-corrected chi connectivity index (χ3v) is 6.46. The summed E-state index contributed by atoms with van der Waals surface area (Å²) in [7, 11) is 2.04. The fraction of sp³-hybridized carbons (Fsp3) is 0.524. The van der Waals surface area contributed by atoms with E-state index >= 15 is 0 Å². The number of amides is 1. The number of ether oxygens (including phenoxy) is 1. The summed E-state index contributed by atoms with van der Waals surface area (Å²) in [5, 5.41) is 3.55. The summed E-state index contributed by atoms with van der Waals surface area (Å²) in [6, 6.07) is 6.25. The topological polar surface area (TPSA) is 63.6 Å². The van der Waals surface area contributed by atoms with E-state index in [1.165, 1.54) is 17.0 Å². The van der Waals surface area contributed by atoms with E-state index in [-0.39, 0.29) is 23.8 Å². The van der Waals surface area contributed by atoms with E-state index in [1.54, 1.807) is 6.92 Å². The Hall–Kier alpha value is -2.12. The lowest BCUT2D eigenvalue weighted by Gasteiger charge is -2.24. The molecular weight excluding hydrogens is 374 g/mol. The maximum atomic E-state index is 12.8. The largest absolute Gasteiger partial charge is 0.462 e. The molecule has 0 radical (unpaired) electrons. The zero-order valence-corrected chi connectivity index (χ0v) is 17.8. The van der Waals surface area contributed by atoms with Crippen molar-refractivity contribution in [2.75, 3.05) is 25.0 Å². The normalized spacial score (nSPS) is 17.2. The van der Waals surface area contributed by atoms with Crippen molar-refractivity contribution in [3.05, 3.63) is 40.5 Å². The summed E-state index contributed by atoms with van der Waals surface area (Å²) < 4.78 is 7.28. The molecule has 0 spiro atoms. The second kappa shape index (κ2) is 8.92. The molecule has 0 aromatic carbocycles. The van der Waals surface area contributed by atoms with Crippen LogP contribution < -0.4 is 5.32 Å². The summed E-state index contributed by atoms with van der Waals surface area (Å²) >= 11 is 1.45. The predicted molar refractivity (Wildman–Crippen MR) is 112 cm³/mol. The molecule has 1 atom stereocenters. The van der Waals surface area contributed by atoms with Crippen LogP contribution in [-0.2, 0) is 16.6 Å². The number of rotatable bonds is 7. The lowest BCUT2D eigenvalue weighted by atomic mass is 10.1. The van der Waals surface area contributed by atoms with Crippen LogP contribution in [0.2, 0.25) is 0 Å². The van der Waals surface area contributed by atoms with Gasteiger partial charge in [0.2, 0.25) is 5.91 Å². The third kappa shape index (κ3) is 4.47. The monoisotopic (exact) mass is 403 g/mol. The van der Waals surface area contributed by atoms with Crippen LogP contribution in [0.5, 0.6) is 0 Å². The minimum absolute atomic E-state index is 0.0937. The number of aromatic nitrogens is 1. The van der Waals surface area contributed by atoms with E-state index in [4.69, 9.17) is 4.74 Å². The maximum absolute atomic E-state index is 12.8. The van der Waals surface area contributed by atoms with Crippen LogP contribution >= 0.6 is 11.3 Å². The second-order valence-corrected chi connectivity index (χ2v) is 8.57. The molecule has 0 aliphatic carbocycles. The molecule has 3 heterocycles. The van der Waals surface area contributed by atoms with E-state index in [2.05, 4.69) is 34.7 Å². The van der Waals surface area contributed by atoms with Gasteiger partial charge in [0.25, 0.3) is 0 Å². The number of likely N-dealkylation sites (tertiary alicyclic amines) is 1. The molecule has 2 aromatic heterocycles. The number of nitrogens with zero attached hydrogens (tertiary/aromatic N) is 2. The molecule has 0 unspecified atom stereocenters. The fourth-order valence-electron chi connectivity index (χ4n) is 3.67. The molecule has 28 heavy (non-hydrogen) atoms. The smallest absolute Gasteiger partial charge is 0.341 e. The first-order chi connectivity index (χ1) is 13.4. The summed E-state index contributed by atoms with van der Waals surface area (Å²) in [6.07, 6.45) is 4.17. The molecule has 1 fully saturated rings. The van der Waals surface area contributed by atoms with Crippen LogP contribution in [0.1, 0.15) is 66.5 Å². The van der Waals surface area contributed by atoms with E-state index in [0.717, 1.165) is 24.3 Å². The minimum atomic E-state index is -0.385. The summed E-state index contributed by atoms with van der Waals surface area (Å²) in [6.45, 7) is 7.44. The highest BCUT2D eigenvalue weighted by Gasteiger charge is 2.29. The average Bonchev–Trinajstić information content (AvgIpc) is 3.35. The summed E-state index contributed by atoms with van der Waals surface area (Å²) in [5.74, 6) is -0.197. The second-order valence-electron chi connectivity index (χ2n) is 7.49. The van der Waals surface area contributed by atoms with Gasteiger partial charge in [0, 0.05) is 23.8 Å². The molecule has 3 rings (SSSR count). The molecule has 152 valence electrons. The Kier molecular flexibility index (Phi) is 6.57. The average molecular weight is 404 g/mol. The van der Waals surface area contributed by atoms with Crippen molar-refractivity contribution in [2.24, 2.45) is 7.05 Å². The lowest BCUT2D eigenvalue weighted by molar-refractivity contribution is -0.117. The Morgan fingerprint density at radius 2 is 2.18 bits per heavy atom. The molecule has 1 saturated heterocycles. The zero-order valence-electron chi connectivity index (χ0n) is 17.0. The number of aryl methyl sites for hydroxylation is 1. The highest BCUT2D eigenvalue weighted by molar-refractivity contribution is 7.16. The number of carbonyl (C=O) groups is 2. The molecule has 0 bridgehead atoms. The molecule has 1 N–H and O–H groups in total. The van der Waals surface area contributed by atoms with Crippen molar-refractivity contribution < 1.29 is 14.3 Å². The van der Waals surface area contributed by atoms with Crippen LogP contribution in [0.3, 0.4) is 0 Å². The molecule has 1 aliphatic rings. The first-order valence-electron chi connectivity index (χ1n) is 9.86. The number of hydrogen-bond donors (Lipinski definition) is 1. The van der Waals surface area contributed by atoms with Crippen molar-refractivity contribution in [1.82, 2.24) is 9.47 Å². The zero-order chi connectivity index (χ0) is 20.3. The molecule has 6 nitrogen and oxygen atoms in total. The molecular formula is C21H29N3O3S. The lowest BCUT2D eigenvalue weighted by Crippen LogP contribution is -2.33. The van der Waals surface area contributed by atoms with E-state index in [0.29, 0.717) is 23.7 Å². The first kappa shape index (κ1) is 20.6. The standard InChI is InChI=1S/C21H29N3O3S/c1-5-27-21(26)15-12-18(14(2)3)28-20(15)22-19(25)13-24-11-7-9-17(24)16-8-6-10-23(16)4/h6,8,10,12,14,17H,5,7,9,11,13H2,1-4H3,(H,22,25)/t17-/m1/s1. The number of esters is 1. The Morgan fingerprint density at radius 1 is 1.39 bits per heavy atom. The van der Waals surface area contributed by atoms with Crippen LogP contribution in [0.25, 0.3) is 0 Å². The maximum Gasteiger partial charge on any atom is 0.341 e. The van der Waals surface area contributed by atoms with Gasteiger partial charge in [-0.1, -0.05) is 13.8 Å². The molecule has 1 aliphatic heterocycles. The Balaban J connectivity index is 1.72. The van der Waals surface area contributed by atoms with E-state index in [9.17, 15) is 9.59 Å². The van der Waals surface area contributed by atoms with Crippen molar-refractivity contribution in [2.45, 2.75) is 45.6 Å². The van der Waals surface area contributed by atoms with Gasteiger partial charge in [-0.25, -0.2) is 4.79 Å². The first-order valence-corrected chi connectivity index (χ1v) is 10.7. The van der Waals surface area contributed by atoms with Gasteiger partial charge in [0.1, 0.15) is 5.00 Å². The van der Waals surface area contributed by atoms with Crippen LogP contribution in [0.15, 0.2) is 24.4 Å². The van der Waals surface area contributed by atoms with Crippen molar-refractivity contribution >= 4 is 28.2 Å². The van der Waals surface area contributed by atoms with Crippen molar-refractivity contribution in [3.8, 4) is 0 Å². The van der Waals surface area contributed by atoms with E-state index in [1.807, 2.05) is 25.4 Å². The number of carbonyl (C=O) groups excluding carboxylic acids is 2. The highest BCUT2D eigenvalue weighted by atomic mass is 32.1. The van der Waals surface area contributed by atoms with Crippen LogP contribution in [0, 0.1) is 0 Å².